The number of rotatable bonds is 7. The molecular weight excluding hydrogens is 340 g/mol. The van der Waals surface area contributed by atoms with E-state index in [4.69, 9.17) is 15.2 Å². The molecule has 0 aliphatic carbocycles. The summed E-state index contributed by atoms with van der Waals surface area (Å²) < 4.78 is 11.0. The molecule has 2 aromatic carbocycles. The van der Waals surface area contributed by atoms with Crippen LogP contribution in [0.4, 0.5) is 5.69 Å². The highest BCUT2D eigenvalue weighted by atomic mass is 35.5. The first-order valence-corrected chi connectivity index (χ1v) is 7.89. The van der Waals surface area contributed by atoms with E-state index in [1.54, 1.807) is 19.2 Å². The fourth-order valence-corrected chi connectivity index (χ4v) is 2.42. The Morgan fingerprint density at radius 2 is 1.68 bits per heavy atom. The maximum atomic E-state index is 11.9. The highest BCUT2D eigenvalue weighted by Gasteiger charge is 2.11. The highest BCUT2D eigenvalue weighted by molar-refractivity contribution is 5.91. The number of carbonyl (C=O) groups excluding carboxylic acids is 1. The third kappa shape index (κ3) is 6.74. The van der Waals surface area contributed by atoms with E-state index >= 15 is 0 Å². The number of nitrogens with one attached hydrogen (secondary N) is 1. The van der Waals surface area contributed by atoms with Crippen molar-refractivity contribution in [2.75, 3.05) is 19.0 Å². The molecule has 0 radical (unpaired) electrons. The predicted molar refractivity (Wildman–Crippen MR) is 103 cm³/mol. The van der Waals surface area contributed by atoms with Crippen molar-refractivity contribution in [2.45, 2.75) is 26.4 Å². The van der Waals surface area contributed by atoms with Gasteiger partial charge in [0.1, 0.15) is 11.5 Å². The maximum Gasteiger partial charge on any atom is 0.227 e. The second kappa shape index (κ2) is 10.0. The zero-order chi connectivity index (χ0) is 17.5. The molecule has 0 aliphatic rings. The summed E-state index contributed by atoms with van der Waals surface area (Å²) in [6.45, 7) is 4.38. The molecule has 1 amide bonds. The predicted octanol–water partition coefficient (Wildman–Crippen LogP) is 3.82. The van der Waals surface area contributed by atoms with Gasteiger partial charge in [-0.1, -0.05) is 6.07 Å². The van der Waals surface area contributed by atoms with Gasteiger partial charge in [-0.15, -0.1) is 12.4 Å². The average Bonchev–Trinajstić information content (AvgIpc) is 2.53. The number of anilines is 1. The van der Waals surface area contributed by atoms with Gasteiger partial charge >= 0.3 is 0 Å². The molecule has 0 saturated heterocycles. The number of halogens is 1. The van der Waals surface area contributed by atoms with Crippen molar-refractivity contribution in [3.63, 3.8) is 0 Å². The molecule has 0 bridgehead atoms. The van der Waals surface area contributed by atoms with E-state index in [9.17, 15) is 4.79 Å². The Balaban J connectivity index is 0.00000312. The number of amides is 1. The standard InChI is InChI=1S/C19H24N2O3.ClH/c1-13-8-14(2)10-17(9-13)24-16-6-4-15(5-7-16)21-19(22)11-18(12-20)23-3;/h4-10,18H,11-12,20H2,1-3H3,(H,21,22);1H. The van der Waals surface area contributed by atoms with E-state index in [1.807, 2.05) is 38.1 Å². The van der Waals surface area contributed by atoms with Crippen LogP contribution < -0.4 is 15.8 Å². The second-order valence-electron chi connectivity index (χ2n) is 5.80. The van der Waals surface area contributed by atoms with Gasteiger partial charge in [0, 0.05) is 19.3 Å². The molecule has 0 spiro atoms. The van der Waals surface area contributed by atoms with Crippen LogP contribution in [-0.4, -0.2) is 25.7 Å². The number of benzene rings is 2. The van der Waals surface area contributed by atoms with Gasteiger partial charge in [-0.3, -0.25) is 4.79 Å². The smallest absolute Gasteiger partial charge is 0.227 e. The first-order valence-electron chi connectivity index (χ1n) is 7.89. The topological polar surface area (TPSA) is 73.6 Å². The molecule has 5 nitrogen and oxygen atoms in total. The minimum atomic E-state index is -0.267. The van der Waals surface area contributed by atoms with Gasteiger partial charge in [-0.05, 0) is 61.4 Å². The van der Waals surface area contributed by atoms with E-state index in [1.165, 1.54) is 0 Å². The zero-order valence-electron chi connectivity index (χ0n) is 14.7. The average molecular weight is 365 g/mol. The molecule has 0 aliphatic heterocycles. The number of hydrogen-bond donors (Lipinski definition) is 2. The van der Waals surface area contributed by atoms with Crippen molar-refractivity contribution < 1.29 is 14.3 Å². The van der Waals surface area contributed by atoms with Gasteiger partial charge in [0.05, 0.1) is 12.5 Å². The number of carbonyl (C=O) groups is 1. The van der Waals surface area contributed by atoms with Crippen LogP contribution in [0.2, 0.25) is 0 Å². The van der Waals surface area contributed by atoms with Crippen LogP contribution in [0.3, 0.4) is 0 Å². The lowest BCUT2D eigenvalue weighted by molar-refractivity contribution is -0.118. The van der Waals surface area contributed by atoms with Crippen LogP contribution in [0.15, 0.2) is 42.5 Å². The monoisotopic (exact) mass is 364 g/mol. The van der Waals surface area contributed by atoms with E-state index in [0.29, 0.717) is 12.2 Å². The fraction of sp³-hybridized carbons (Fsp3) is 0.316. The summed E-state index contributed by atoms with van der Waals surface area (Å²) in [4.78, 5) is 11.9. The molecule has 2 aromatic rings. The molecule has 3 N–H and O–H groups in total. The van der Waals surface area contributed by atoms with Crippen molar-refractivity contribution in [2.24, 2.45) is 5.73 Å². The van der Waals surface area contributed by atoms with Gasteiger partial charge in [-0.25, -0.2) is 0 Å². The summed E-state index contributed by atoms with van der Waals surface area (Å²) in [5, 5.41) is 2.82. The van der Waals surface area contributed by atoms with Crippen molar-refractivity contribution >= 4 is 24.0 Å². The number of hydrogen-bond acceptors (Lipinski definition) is 4. The number of aryl methyl sites for hydroxylation is 2. The molecule has 0 heterocycles. The Hall–Kier alpha value is -2.08. The van der Waals surface area contributed by atoms with E-state index in [2.05, 4.69) is 11.4 Å². The lowest BCUT2D eigenvalue weighted by Crippen LogP contribution is -2.28. The van der Waals surface area contributed by atoms with Gasteiger partial charge in [-0.2, -0.15) is 0 Å². The fourth-order valence-electron chi connectivity index (χ4n) is 2.42. The van der Waals surface area contributed by atoms with Crippen molar-refractivity contribution in [3.05, 3.63) is 53.6 Å². The van der Waals surface area contributed by atoms with E-state index in [0.717, 1.165) is 22.6 Å². The highest BCUT2D eigenvalue weighted by Crippen LogP contribution is 2.25. The van der Waals surface area contributed by atoms with Crippen LogP contribution in [0.5, 0.6) is 11.5 Å². The Morgan fingerprint density at radius 3 is 2.20 bits per heavy atom. The van der Waals surface area contributed by atoms with Crippen molar-refractivity contribution in [1.29, 1.82) is 0 Å². The summed E-state index contributed by atoms with van der Waals surface area (Å²) in [7, 11) is 1.55. The van der Waals surface area contributed by atoms with Crippen molar-refractivity contribution in [1.82, 2.24) is 0 Å². The Morgan fingerprint density at radius 1 is 1.08 bits per heavy atom. The zero-order valence-corrected chi connectivity index (χ0v) is 15.6. The van der Waals surface area contributed by atoms with Crippen molar-refractivity contribution in [3.8, 4) is 11.5 Å². The normalized spacial score (nSPS) is 11.4. The number of nitrogens with two attached hydrogens (primary N) is 1. The Labute approximate surface area is 154 Å². The number of ether oxygens (including phenoxy) is 2. The third-order valence-corrected chi connectivity index (χ3v) is 3.58. The first-order chi connectivity index (χ1) is 11.5. The van der Waals surface area contributed by atoms with Gasteiger partial charge in [0.25, 0.3) is 0 Å². The second-order valence-corrected chi connectivity index (χ2v) is 5.80. The summed E-state index contributed by atoms with van der Waals surface area (Å²) >= 11 is 0. The Kier molecular flexibility index (Phi) is 8.41. The molecular formula is C19H25ClN2O3. The minimum Gasteiger partial charge on any atom is -0.457 e. The number of methoxy groups -OCH3 is 1. The molecule has 0 fully saturated rings. The quantitative estimate of drug-likeness (QED) is 0.783. The minimum absolute atomic E-state index is 0. The largest absolute Gasteiger partial charge is 0.457 e. The summed E-state index contributed by atoms with van der Waals surface area (Å²) in [5.41, 5.74) is 8.53. The van der Waals surface area contributed by atoms with Crippen LogP contribution in [0, 0.1) is 13.8 Å². The van der Waals surface area contributed by atoms with E-state index < -0.39 is 0 Å². The summed E-state index contributed by atoms with van der Waals surface area (Å²) in [6, 6.07) is 13.3. The molecule has 25 heavy (non-hydrogen) atoms. The molecule has 6 heteroatoms. The molecule has 1 atom stereocenters. The van der Waals surface area contributed by atoms with E-state index in [-0.39, 0.29) is 30.8 Å². The SMILES string of the molecule is COC(CN)CC(=O)Nc1ccc(Oc2cc(C)cc(C)c2)cc1.Cl. The molecule has 136 valence electrons. The molecule has 0 aromatic heterocycles. The maximum absolute atomic E-state index is 11.9. The van der Waals surface area contributed by atoms with Crippen LogP contribution in [0.1, 0.15) is 17.5 Å². The molecule has 1 unspecified atom stereocenters. The third-order valence-electron chi connectivity index (χ3n) is 3.58. The lowest BCUT2D eigenvalue weighted by Gasteiger charge is -2.13. The van der Waals surface area contributed by atoms with Gasteiger partial charge in [0.2, 0.25) is 5.91 Å². The molecule has 0 saturated carbocycles. The van der Waals surface area contributed by atoms with Gasteiger partial charge < -0.3 is 20.5 Å². The summed E-state index contributed by atoms with van der Waals surface area (Å²) in [5.74, 6) is 1.39. The Bertz CT molecular complexity index is 665. The molecule has 2 rings (SSSR count). The van der Waals surface area contributed by atoms with Crippen LogP contribution in [0.25, 0.3) is 0 Å². The van der Waals surface area contributed by atoms with Gasteiger partial charge in [0.15, 0.2) is 0 Å². The van der Waals surface area contributed by atoms with Crippen LogP contribution in [-0.2, 0) is 9.53 Å². The lowest BCUT2D eigenvalue weighted by atomic mass is 10.1. The first kappa shape index (κ1) is 21.0. The van der Waals surface area contributed by atoms with Crippen LogP contribution >= 0.6 is 12.4 Å². The summed E-state index contributed by atoms with van der Waals surface area (Å²) in [6.07, 6.45) is -0.0365.